The highest BCUT2D eigenvalue weighted by Gasteiger charge is 2.33. The molecule has 0 radical (unpaired) electrons. The summed E-state index contributed by atoms with van der Waals surface area (Å²) >= 11 is 5.06. The van der Waals surface area contributed by atoms with Gasteiger partial charge >= 0.3 is 0 Å². The molecule has 0 amide bonds. The third-order valence-electron chi connectivity index (χ3n) is 3.12. The van der Waals surface area contributed by atoms with Crippen LogP contribution in [0.25, 0.3) is 0 Å². The van der Waals surface area contributed by atoms with Crippen molar-refractivity contribution in [3.8, 4) is 11.5 Å². The first kappa shape index (κ1) is 15.8. The lowest BCUT2D eigenvalue weighted by Gasteiger charge is -2.31. The molecule has 0 saturated carbocycles. The summed E-state index contributed by atoms with van der Waals surface area (Å²) in [7, 11) is 1.59. The number of hydrogen-bond donors (Lipinski definition) is 1. The van der Waals surface area contributed by atoms with E-state index in [0.717, 1.165) is 12.0 Å². The molecule has 0 aromatic heterocycles. The number of ether oxygens (including phenoxy) is 2. The molecule has 1 heterocycles. The zero-order chi connectivity index (χ0) is 14.9. The molecule has 1 aliphatic heterocycles. The van der Waals surface area contributed by atoms with Gasteiger partial charge in [0.15, 0.2) is 0 Å². The van der Waals surface area contributed by atoms with Crippen LogP contribution in [0.15, 0.2) is 12.1 Å². The molecule has 0 aliphatic carbocycles. The second-order valence-corrected chi connectivity index (χ2v) is 8.12. The lowest BCUT2D eigenvalue weighted by atomic mass is 10.0. The first-order chi connectivity index (χ1) is 9.32. The van der Waals surface area contributed by atoms with E-state index in [1.54, 1.807) is 13.2 Å². The molecule has 20 heavy (non-hydrogen) atoms. The van der Waals surface area contributed by atoms with E-state index in [1.807, 2.05) is 26.8 Å². The Hall–Kier alpha value is -0.620. The van der Waals surface area contributed by atoms with E-state index in [4.69, 9.17) is 21.1 Å². The van der Waals surface area contributed by atoms with E-state index in [1.165, 1.54) is 0 Å². The molecular formula is C14H20ClNO3S. The Morgan fingerprint density at radius 1 is 1.45 bits per heavy atom. The maximum atomic E-state index is 12.3. The molecule has 0 bridgehead atoms. The van der Waals surface area contributed by atoms with E-state index in [0.29, 0.717) is 23.1 Å². The Bertz CT molecular complexity index is 490. The fourth-order valence-electron chi connectivity index (χ4n) is 1.98. The van der Waals surface area contributed by atoms with Crippen molar-refractivity contribution in [3.63, 3.8) is 0 Å². The van der Waals surface area contributed by atoms with Gasteiger partial charge in [-0.2, -0.15) is 0 Å². The molecule has 1 aromatic rings. The van der Waals surface area contributed by atoms with Crippen molar-refractivity contribution in [1.29, 1.82) is 0 Å². The van der Waals surface area contributed by atoms with Crippen LogP contribution in [0.2, 0.25) is 5.02 Å². The molecule has 112 valence electrons. The third-order valence-corrected chi connectivity index (χ3v) is 5.01. The predicted octanol–water partition coefficient (Wildman–Crippen LogP) is 3.22. The minimum atomic E-state index is -1.15. The van der Waals surface area contributed by atoms with Crippen LogP contribution in [0, 0.1) is 0 Å². The van der Waals surface area contributed by atoms with E-state index in [-0.39, 0.29) is 10.8 Å². The zero-order valence-corrected chi connectivity index (χ0v) is 13.7. The maximum absolute atomic E-state index is 12.3. The summed E-state index contributed by atoms with van der Waals surface area (Å²) in [5.74, 6) is 1.33. The third kappa shape index (κ3) is 3.34. The Labute approximate surface area is 128 Å². The van der Waals surface area contributed by atoms with Gasteiger partial charge in [0.25, 0.3) is 0 Å². The first-order valence-corrected chi connectivity index (χ1v) is 8.04. The highest BCUT2D eigenvalue weighted by atomic mass is 35.5. The van der Waals surface area contributed by atoms with Gasteiger partial charge in [-0.05, 0) is 26.8 Å². The summed E-state index contributed by atoms with van der Waals surface area (Å²) in [6.07, 6.45) is 0.748. The van der Waals surface area contributed by atoms with Crippen molar-refractivity contribution in [2.24, 2.45) is 0 Å². The first-order valence-electron chi connectivity index (χ1n) is 6.51. The van der Waals surface area contributed by atoms with Crippen molar-refractivity contribution in [2.45, 2.75) is 38.0 Å². The summed E-state index contributed by atoms with van der Waals surface area (Å²) in [5, 5.41) is 0.521. The van der Waals surface area contributed by atoms with Gasteiger partial charge < -0.3 is 14.0 Å². The number of nitrogens with one attached hydrogen (secondary N) is 1. The molecular weight excluding hydrogens is 298 g/mol. The summed E-state index contributed by atoms with van der Waals surface area (Å²) in [4.78, 5) is 0. The number of halogens is 1. The van der Waals surface area contributed by atoms with Gasteiger partial charge in [-0.25, -0.2) is 0 Å². The zero-order valence-electron chi connectivity index (χ0n) is 12.2. The molecule has 4 nitrogen and oxygen atoms in total. The number of rotatable bonds is 3. The Balaban J connectivity index is 2.30. The molecule has 2 rings (SSSR count). The highest BCUT2D eigenvalue weighted by molar-refractivity contribution is 7.90. The molecule has 0 saturated heterocycles. The molecule has 0 spiro atoms. The lowest BCUT2D eigenvalue weighted by Crippen LogP contribution is -2.42. The van der Waals surface area contributed by atoms with Crippen LogP contribution in [-0.2, 0) is 11.4 Å². The van der Waals surface area contributed by atoms with Gasteiger partial charge in [-0.1, -0.05) is 11.6 Å². The number of hydrogen-bond acceptors (Lipinski definition) is 4. The standard InChI is InChI=1S/C14H20ClNO3S/c1-14(2,3)20(17)16-12-5-6-19-13-10(12)7-9(18-4)8-11(13)15/h7-8,12,16H,5-6H2,1-4H3/t12-,20?/m0/s1. The summed E-state index contributed by atoms with van der Waals surface area (Å²) in [5.41, 5.74) is 0.901. The molecule has 1 N–H and O–H groups in total. The Morgan fingerprint density at radius 3 is 2.75 bits per heavy atom. The molecule has 6 heteroatoms. The topological polar surface area (TPSA) is 53.5 Å². The number of benzene rings is 1. The SMILES string of the molecule is COc1cc(Cl)c2c(c1)[C@@H](N[S+]([O-])C(C)(C)C)CCO2. The number of methoxy groups -OCH3 is 1. The van der Waals surface area contributed by atoms with Crippen LogP contribution in [-0.4, -0.2) is 23.0 Å². The summed E-state index contributed by atoms with van der Waals surface area (Å²) in [6, 6.07) is 3.56. The fraction of sp³-hybridized carbons (Fsp3) is 0.571. The van der Waals surface area contributed by atoms with Crippen molar-refractivity contribution < 1.29 is 14.0 Å². The van der Waals surface area contributed by atoms with Crippen molar-refractivity contribution in [2.75, 3.05) is 13.7 Å². The maximum Gasteiger partial charge on any atom is 0.143 e. The Morgan fingerprint density at radius 2 is 2.15 bits per heavy atom. The normalized spacial score (nSPS) is 20.0. The molecule has 1 aromatic carbocycles. The monoisotopic (exact) mass is 317 g/mol. The second-order valence-electron chi connectivity index (χ2n) is 5.72. The molecule has 1 aliphatic rings. The molecule has 2 atom stereocenters. The number of fused-ring (bicyclic) bond motifs is 1. The van der Waals surface area contributed by atoms with Crippen LogP contribution in [0.1, 0.15) is 38.8 Å². The van der Waals surface area contributed by atoms with Gasteiger partial charge in [0.2, 0.25) is 0 Å². The summed E-state index contributed by atoms with van der Waals surface area (Å²) in [6.45, 7) is 6.37. The van der Waals surface area contributed by atoms with E-state index >= 15 is 0 Å². The van der Waals surface area contributed by atoms with Crippen molar-refractivity contribution in [1.82, 2.24) is 4.72 Å². The average Bonchev–Trinajstić information content (AvgIpc) is 2.38. The van der Waals surface area contributed by atoms with E-state index < -0.39 is 11.4 Å². The van der Waals surface area contributed by atoms with Gasteiger partial charge in [0, 0.05) is 29.4 Å². The van der Waals surface area contributed by atoms with Crippen LogP contribution >= 0.6 is 11.6 Å². The highest BCUT2D eigenvalue weighted by Crippen LogP contribution is 2.41. The van der Waals surface area contributed by atoms with Crippen LogP contribution in [0.3, 0.4) is 0 Å². The lowest BCUT2D eigenvalue weighted by molar-refractivity contribution is 0.261. The molecule has 0 fully saturated rings. The van der Waals surface area contributed by atoms with Crippen LogP contribution in [0.5, 0.6) is 11.5 Å². The Kier molecular flexibility index (Phi) is 4.74. The minimum Gasteiger partial charge on any atom is -0.598 e. The van der Waals surface area contributed by atoms with Gasteiger partial charge in [-0.15, -0.1) is 4.72 Å². The smallest absolute Gasteiger partial charge is 0.143 e. The average molecular weight is 318 g/mol. The molecule has 1 unspecified atom stereocenters. The quantitative estimate of drug-likeness (QED) is 0.870. The van der Waals surface area contributed by atoms with Crippen LogP contribution in [0.4, 0.5) is 0 Å². The fourth-order valence-corrected chi connectivity index (χ4v) is 3.11. The van der Waals surface area contributed by atoms with Crippen molar-refractivity contribution in [3.05, 3.63) is 22.7 Å². The minimum absolute atomic E-state index is 0.0496. The van der Waals surface area contributed by atoms with Gasteiger partial charge in [0.05, 0.1) is 24.8 Å². The second kappa shape index (κ2) is 6.02. The van der Waals surface area contributed by atoms with Gasteiger partial charge in [-0.3, -0.25) is 0 Å². The van der Waals surface area contributed by atoms with E-state index in [9.17, 15) is 4.55 Å². The summed E-state index contributed by atoms with van der Waals surface area (Å²) < 4.78 is 26.0. The van der Waals surface area contributed by atoms with Crippen LogP contribution < -0.4 is 14.2 Å². The van der Waals surface area contributed by atoms with Crippen molar-refractivity contribution >= 4 is 23.0 Å². The van der Waals surface area contributed by atoms with E-state index in [2.05, 4.69) is 4.72 Å². The van der Waals surface area contributed by atoms with Gasteiger partial charge in [0.1, 0.15) is 16.2 Å². The largest absolute Gasteiger partial charge is 0.598 e. The predicted molar refractivity (Wildman–Crippen MR) is 81.9 cm³/mol.